The zero-order valence-electron chi connectivity index (χ0n) is 10.9. The van der Waals surface area contributed by atoms with Gasteiger partial charge in [0.05, 0.1) is 6.10 Å². The van der Waals surface area contributed by atoms with Crippen molar-refractivity contribution in [2.24, 2.45) is 5.73 Å². The topological polar surface area (TPSA) is 46.2 Å². The van der Waals surface area contributed by atoms with Crippen molar-refractivity contribution >= 4 is 0 Å². The Kier molecular flexibility index (Phi) is 4.30. The number of halogens is 1. The van der Waals surface area contributed by atoms with E-state index in [2.05, 4.69) is 0 Å². The Morgan fingerprint density at radius 1 is 1.16 bits per heavy atom. The molecule has 0 spiro atoms. The lowest BCUT2D eigenvalue weighted by molar-refractivity contribution is 0.145. The summed E-state index contributed by atoms with van der Waals surface area (Å²) in [5.74, 6) is -0.355. The van der Waals surface area contributed by atoms with E-state index in [9.17, 15) is 9.50 Å². The first-order chi connectivity index (χ1) is 9.08. The monoisotopic (exact) mass is 259 g/mol. The molecule has 19 heavy (non-hydrogen) atoms. The summed E-state index contributed by atoms with van der Waals surface area (Å²) >= 11 is 0. The molecular formula is C16H18FNO. The third-order valence-corrected chi connectivity index (χ3v) is 3.28. The van der Waals surface area contributed by atoms with Gasteiger partial charge in [-0.15, -0.1) is 0 Å². The number of benzene rings is 2. The van der Waals surface area contributed by atoms with Gasteiger partial charge in [0.15, 0.2) is 0 Å². The molecule has 2 unspecified atom stereocenters. The van der Waals surface area contributed by atoms with E-state index >= 15 is 0 Å². The molecule has 2 atom stereocenters. The average Bonchev–Trinajstić information content (AvgIpc) is 2.42. The summed E-state index contributed by atoms with van der Waals surface area (Å²) in [4.78, 5) is 0. The van der Waals surface area contributed by atoms with Crippen LogP contribution in [0.4, 0.5) is 4.39 Å². The number of aryl methyl sites for hydroxylation is 1. The van der Waals surface area contributed by atoms with Crippen LogP contribution in [0.2, 0.25) is 0 Å². The number of aliphatic hydroxyl groups excluding tert-OH is 1. The Morgan fingerprint density at radius 3 is 2.53 bits per heavy atom. The molecule has 0 heterocycles. The van der Waals surface area contributed by atoms with Crippen LogP contribution in [-0.2, 0) is 6.42 Å². The lowest BCUT2D eigenvalue weighted by atomic mass is 9.94. The molecule has 0 aliphatic carbocycles. The van der Waals surface area contributed by atoms with Crippen LogP contribution in [0.3, 0.4) is 0 Å². The van der Waals surface area contributed by atoms with E-state index < -0.39 is 12.1 Å². The third-order valence-electron chi connectivity index (χ3n) is 3.28. The van der Waals surface area contributed by atoms with Crippen LogP contribution in [0.25, 0.3) is 0 Å². The highest BCUT2D eigenvalue weighted by molar-refractivity contribution is 5.30. The summed E-state index contributed by atoms with van der Waals surface area (Å²) in [6.07, 6.45) is -0.311. The summed E-state index contributed by atoms with van der Waals surface area (Å²) in [5, 5.41) is 10.3. The van der Waals surface area contributed by atoms with Gasteiger partial charge in [-0.2, -0.15) is 0 Å². The van der Waals surface area contributed by atoms with E-state index in [1.807, 2.05) is 37.3 Å². The molecule has 2 aromatic carbocycles. The van der Waals surface area contributed by atoms with Gasteiger partial charge in [-0.05, 0) is 42.2 Å². The highest BCUT2D eigenvalue weighted by Gasteiger charge is 2.19. The van der Waals surface area contributed by atoms with Crippen LogP contribution in [0.15, 0.2) is 48.5 Å². The van der Waals surface area contributed by atoms with Crippen LogP contribution in [0.1, 0.15) is 22.8 Å². The first kappa shape index (κ1) is 13.7. The predicted molar refractivity (Wildman–Crippen MR) is 74.2 cm³/mol. The molecule has 0 fully saturated rings. The molecule has 0 radical (unpaired) electrons. The van der Waals surface area contributed by atoms with Gasteiger partial charge in [0.2, 0.25) is 0 Å². The lowest BCUT2D eigenvalue weighted by Crippen LogP contribution is -2.31. The minimum absolute atomic E-state index is 0.355. The Labute approximate surface area is 112 Å². The summed E-state index contributed by atoms with van der Waals surface area (Å²) in [5.41, 5.74) is 8.49. The molecule has 0 aromatic heterocycles. The molecular weight excluding hydrogens is 241 g/mol. The van der Waals surface area contributed by atoms with Gasteiger partial charge in [-0.1, -0.05) is 36.4 Å². The first-order valence-electron chi connectivity index (χ1n) is 6.31. The quantitative estimate of drug-likeness (QED) is 0.887. The fraction of sp³-hybridized carbons (Fsp3) is 0.250. The predicted octanol–water partition coefficient (Wildman–Crippen LogP) is 2.74. The number of nitrogens with two attached hydrogens (primary N) is 1. The van der Waals surface area contributed by atoms with Crippen molar-refractivity contribution < 1.29 is 9.50 Å². The number of rotatable bonds is 4. The van der Waals surface area contributed by atoms with Crippen LogP contribution in [0.5, 0.6) is 0 Å². The maximum atomic E-state index is 13.2. The van der Waals surface area contributed by atoms with Gasteiger partial charge in [-0.3, -0.25) is 0 Å². The van der Waals surface area contributed by atoms with Gasteiger partial charge in [0.25, 0.3) is 0 Å². The molecule has 0 aliphatic heterocycles. The van der Waals surface area contributed by atoms with Gasteiger partial charge >= 0.3 is 0 Å². The van der Waals surface area contributed by atoms with E-state index in [-0.39, 0.29) is 5.82 Å². The second-order valence-corrected chi connectivity index (χ2v) is 4.80. The SMILES string of the molecule is Cc1ccc(F)cc1C(O)C(N)Cc1ccccc1. The van der Waals surface area contributed by atoms with E-state index in [1.54, 1.807) is 6.07 Å². The number of hydrogen-bond acceptors (Lipinski definition) is 2. The van der Waals surface area contributed by atoms with Gasteiger partial charge in [-0.25, -0.2) is 4.39 Å². The Bertz CT molecular complexity index is 542. The van der Waals surface area contributed by atoms with Crippen molar-refractivity contribution in [1.82, 2.24) is 0 Å². The molecule has 3 N–H and O–H groups in total. The summed E-state index contributed by atoms with van der Waals surface area (Å²) in [7, 11) is 0. The molecule has 0 aliphatic rings. The van der Waals surface area contributed by atoms with Crippen molar-refractivity contribution in [3.8, 4) is 0 Å². The van der Waals surface area contributed by atoms with Crippen LogP contribution in [-0.4, -0.2) is 11.1 Å². The largest absolute Gasteiger partial charge is 0.387 e. The Morgan fingerprint density at radius 2 is 1.84 bits per heavy atom. The highest BCUT2D eigenvalue weighted by Crippen LogP contribution is 2.22. The maximum absolute atomic E-state index is 13.2. The van der Waals surface area contributed by atoms with E-state index in [4.69, 9.17) is 5.73 Å². The fourth-order valence-electron chi connectivity index (χ4n) is 2.16. The lowest BCUT2D eigenvalue weighted by Gasteiger charge is -2.21. The summed E-state index contributed by atoms with van der Waals surface area (Å²) in [6, 6.07) is 13.7. The molecule has 0 amide bonds. The normalized spacial score (nSPS) is 14.1. The Balaban J connectivity index is 2.14. The molecule has 2 rings (SSSR count). The molecule has 3 heteroatoms. The molecule has 0 bridgehead atoms. The Hall–Kier alpha value is -1.71. The standard InChI is InChI=1S/C16H18FNO/c1-11-7-8-13(17)10-14(11)16(19)15(18)9-12-5-3-2-4-6-12/h2-8,10,15-16,19H,9,18H2,1H3. The van der Waals surface area contributed by atoms with E-state index in [1.165, 1.54) is 12.1 Å². The summed E-state index contributed by atoms with van der Waals surface area (Å²) < 4.78 is 13.2. The molecule has 0 saturated carbocycles. The fourth-order valence-corrected chi connectivity index (χ4v) is 2.16. The highest BCUT2D eigenvalue weighted by atomic mass is 19.1. The smallest absolute Gasteiger partial charge is 0.123 e. The molecule has 2 aromatic rings. The second kappa shape index (κ2) is 5.95. The zero-order chi connectivity index (χ0) is 13.8. The summed E-state index contributed by atoms with van der Waals surface area (Å²) in [6.45, 7) is 1.84. The van der Waals surface area contributed by atoms with Gasteiger partial charge in [0.1, 0.15) is 5.82 Å². The molecule has 100 valence electrons. The van der Waals surface area contributed by atoms with Crippen molar-refractivity contribution in [3.05, 3.63) is 71.0 Å². The van der Waals surface area contributed by atoms with Gasteiger partial charge < -0.3 is 10.8 Å². The number of hydrogen-bond donors (Lipinski definition) is 2. The van der Waals surface area contributed by atoms with Gasteiger partial charge in [0, 0.05) is 6.04 Å². The molecule has 0 saturated heterocycles. The van der Waals surface area contributed by atoms with Crippen LogP contribution in [0, 0.1) is 12.7 Å². The van der Waals surface area contributed by atoms with E-state index in [0.29, 0.717) is 12.0 Å². The second-order valence-electron chi connectivity index (χ2n) is 4.80. The minimum Gasteiger partial charge on any atom is -0.387 e. The number of aliphatic hydroxyl groups is 1. The van der Waals surface area contributed by atoms with Crippen molar-refractivity contribution in [2.45, 2.75) is 25.5 Å². The minimum atomic E-state index is -0.865. The third kappa shape index (κ3) is 3.40. The van der Waals surface area contributed by atoms with Crippen molar-refractivity contribution in [2.75, 3.05) is 0 Å². The van der Waals surface area contributed by atoms with Crippen molar-refractivity contribution in [3.63, 3.8) is 0 Å². The van der Waals surface area contributed by atoms with E-state index in [0.717, 1.165) is 11.1 Å². The molecule has 2 nitrogen and oxygen atoms in total. The zero-order valence-corrected chi connectivity index (χ0v) is 10.9. The van der Waals surface area contributed by atoms with Crippen LogP contribution < -0.4 is 5.73 Å². The first-order valence-corrected chi connectivity index (χ1v) is 6.31. The average molecular weight is 259 g/mol. The van der Waals surface area contributed by atoms with Crippen LogP contribution >= 0.6 is 0 Å². The van der Waals surface area contributed by atoms with Crippen molar-refractivity contribution in [1.29, 1.82) is 0 Å². The maximum Gasteiger partial charge on any atom is 0.123 e.